The summed E-state index contributed by atoms with van der Waals surface area (Å²) < 4.78 is 3.19. The molecule has 0 unspecified atom stereocenters. The van der Waals surface area contributed by atoms with Gasteiger partial charge in [0.15, 0.2) is 11.6 Å². The lowest BCUT2D eigenvalue weighted by molar-refractivity contribution is 0.0965. The molecule has 0 radical (unpaired) electrons. The summed E-state index contributed by atoms with van der Waals surface area (Å²) in [6.07, 6.45) is 0. The van der Waals surface area contributed by atoms with Gasteiger partial charge in [-0.05, 0) is 71.8 Å². The van der Waals surface area contributed by atoms with E-state index in [-0.39, 0.29) is 23.4 Å². The monoisotopic (exact) mass is 646 g/mol. The Morgan fingerprint density at radius 1 is 0.420 bits per heavy atom. The first-order chi connectivity index (χ1) is 24.4. The third-order valence-electron chi connectivity index (χ3n) is 9.63. The van der Waals surface area contributed by atoms with Crippen LogP contribution in [0.5, 0.6) is 0 Å². The fraction of sp³-hybridized carbons (Fsp3) is 0. The number of benzene rings is 6. The number of rotatable bonds is 5. The van der Waals surface area contributed by atoms with Gasteiger partial charge in [-0.15, -0.1) is 0 Å². The largest absolute Gasteiger partial charge is 0.289 e. The van der Waals surface area contributed by atoms with Crippen molar-refractivity contribution in [2.75, 3.05) is 0 Å². The molecule has 0 saturated carbocycles. The van der Waals surface area contributed by atoms with Crippen LogP contribution < -0.4 is 0 Å². The summed E-state index contributed by atoms with van der Waals surface area (Å²) in [6, 6.07) is 39.9. The van der Waals surface area contributed by atoms with E-state index in [1.807, 2.05) is 72.8 Å². The molecule has 8 heteroatoms. The molecular formula is C42H22N4O4. The minimum absolute atomic E-state index is 0.106. The summed E-state index contributed by atoms with van der Waals surface area (Å²) in [5.74, 6) is 0.458. The number of nitrogens with zero attached hydrogens (tertiary/aromatic N) is 4. The topological polar surface area (TPSA) is 104 Å². The van der Waals surface area contributed by atoms with Crippen molar-refractivity contribution in [3.05, 3.63) is 167 Å². The van der Waals surface area contributed by atoms with Crippen molar-refractivity contribution in [3.8, 4) is 33.9 Å². The summed E-state index contributed by atoms with van der Waals surface area (Å²) in [5, 5.41) is 0. The Bertz CT molecular complexity index is 2630. The maximum absolute atomic E-state index is 13.8. The molecule has 234 valence electrons. The van der Waals surface area contributed by atoms with Gasteiger partial charge >= 0.3 is 0 Å². The van der Waals surface area contributed by atoms with E-state index in [1.54, 1.807) is 69.8 Å². The Labute approximate surface area is 283 Å². The molecule has 0 aliphatic carbocycles. The van der Waals surface area contributed by atoms with Gasteiger partial charge in [0.1, 0.15) is 11.6 Å². The number of hydrogen-bond acceptors (Lipinski definition) is 6. The molecule has 6 aromatic carbocycles. The van der Waals surface area contributed by atoms with Gasteiger partial charge in [0.2, 0.25) is 0 Å². The third kappa shape index (κ3) is 3.93. The molecule has 0 bridgehead atoms. The van der Waals surface area contributed by atoms with Crippen molar-refractivity contribution < 1.29 is 19.2 Å². The lowest BCUT2D eigenvalue weighted by Gasteiger charge is -2.07. The summed E-state index contributed by atoms with van der Waals surface area (Å²) in [4.78, 5) is 63.2. The van der Waals surface area contributed by atoms with Gasteiger partial charge in [0.25, 0.3) is 11.8 Å². The highest BCUT2D eigenvalue weighted by molar-refractivity contribution is 6.17. The molecule has 50 heavy (non-hydrogen) atoms. The van der Waals surface area contributed by atoms with Gasteiger partial charge < -0.3 is 0 Å². The number of fused-ring (bicyclic) bond motifs is 10. The SMILES string of the molecule is O=C(c1ccccc1)c1ccc2c(c1)nc1n2C(=O)c2cc(-c3ccc4c(c3)C(=O)n3c-4nc4cc(C(=O)c5ccccc5)ccc43)ccc2-1. The van der Waals surface area contributed by atoms with Crippen LogP contribution in [0.15, 0.2) is 133 Å². The van der Waals surface area contributed by atoms with Gasteiger partial charge in [-0.3, -0.25) is 28.3 Å². The molecule has 10 rings (SSSR count). The van der Waals surface area contributed by atoms with Crippen molar-refractivity contribution in [2.45, 2.75) is 0 Å². The number of imidazole rings is 2. The summed E-state index contributed by atoms with van der Waals surface area (Å²) in [5.41, 5.74) is 8.63. The number of hydrogen-bond donors (Lipinski definition) is 0. The first-order valence-electron chi connectivity index (χ1n) is 16.1. The third-order valence-corrected chi connectivity index (χ3v) is 9.63. The quantitative estimate of drug-likeness (QED) is 0.177. The van der Waals surface area contributed by atoms with Crippen LogP contribution in [0.2, 0.25) is 0 Å². The fourth-order valence-electron chi connectivity index (χ4n) is 7.16. The second kappa shape index (κ2) is 10.2. The predicted octanol–water partition coefficient (Wildman–Crippen LogP) is 7.85. The van der Waals surface area contributed by atoms with E-state index in [0.717, 1.165) is 11.1 Å². The lowest BCUT2D eigenvalue weighted by atomic mass is 9.96. The van der Waals surface area contributed by atoms with Crippen molar-refractivity contribution >= 4 is 45.4 Å². The van der Waals surface area contributed by atoms with Crippen LogP contribution in [0.25, 0.3) is 56.0 Å². The van der Waals surface area contributed by atoms with Crippen molar-refractivity contribution in [1.29, 1.82) is 0 Å². The van der Waals surface area contributed by atoms with Crippen molar-refractivity contribution in [1.82, 2.24) is 19.1 Å². The van der Waals surface area contributed by atoms with Crippen LogP contribution in [0.3, 0.4) is 0 Å². The lowest BCUT2D eigenvalue weighted by Crippen LogP contribution is -2.07. The Morgan fingerprint density at radius 3 is 1.26 bits per heavy atom. The Hall–Kier alpha value is -7.06. The van der Waals surface area contributed by atoms with E-state index in [9.17, 15) is 19.2 Å². The first kappa shape index (κ1) is 28.0. The molecule has 0 amide bonds. The van der Waals surface area contributed by atoms with E-state index >= 15 is 0 Å². The highest BCUT2D eigenvalue weighted by Gasteiger charge is 2.33. The molecule has 0 atom stereocenters. The standard InChI is InChI=1S/C42H22N4O4/c47-37(23-7-3-1-4-8-23)27-13-17-35-33(21-27)43-39-29-15-11-25(19-31(29)41(49)45(35)39)26-12-16-30-32(20-26)42(50)46-36-18-14-28(22-34(36)44-40(30)46)38(48)24-9-5-2-6-10-24/h1-22H. The maximum Gasteiger partial charge on any atom is 0.264 e. The zero-order valence-corrected chi connectivity index (χ0v) is 26.1. The maximum atomic E-state index is 13.8. The smallest absolute Gasteiger partial charge is 0.264 e. The van der Waals surface area contributed by atoms with Gasteiger partial charge in [0, 0.05) is 33.4 Å². The van der Waals surface area contributed by atoms with Crippen LogP contribution in [0.1, 0.15) is 52.6 Å². The molecule has 2 aliphatic heterocycles. The Kier molecular flexibility index (Phi) is 5.72. The highest BCUT2D eigenvalue weighted by atomic mass is 16.2. The van der Waals surface area contributed by atoms with Crippen molar-refractivity contribution in [2.24, 2.45) is 0 Å². The second-order valence-corrected chi connectivity index (χ2v) is 12.5. The Balaban J connectivity index is 0.974. The van der Waals surface area contributed by atoms with Gasteiger partial charge in [0.05, 0.1) is 33.2 Å². The molecule has 0 fully saturated rings. The number of ketones is 2. The van der Waals surface area contributed by atoms with E-state index in [2.05, 4.69) is 0 Å². The minimum Gasteiger partial charge on any atom is -0.289 e. The second-order valence-electron chi connectivity index (χ2n) is 12.5. The molecule has 8 aromatic rings. The van der Waals surface area contributed by atoms with E-state index in [0.29, 0.717) is 78.2 Å². The average Bonchev–Trinajstić information content (AvgIpc) is 3.89. The van der Waals surface area contributed by atoms with Gasteiger partial charge in [-0.2, -0.15) is 0 Å². The first-order valence-corrected chi connectivity index (χ1v) is 16.1. The van der Waals surface area contributed by atoms with Crippen LogP contribution in [0, 0.1) is 0 Å². The van der Waals surface area contributed by atoms with Gasteiger partial charge in [-0.25, -0.2) is 9.97 Å². The molecule has 8 nitrogen and oxygen atoms in total. The minimum atomic E-state index is -0.199. The number of carbonyl (C=O) groups is 4. The summed E-state index contributed by atoms with van der Waals surface area (Å²) >= 11 is 0. The van der Waals surface area contributed by atoms with Gasteiger partial charge in [-0.1, -0.05) is 72.8 Å². The summed E-state index contributed by atoms with van der Waals surface area (Å²) in [7, 11) is 0. The number of carbonyl (C=O) groups excluding carboxylic acids is 4. The molecular weight excluding hydrogens is 624 g/mol. The molecule has 2 aliphatic rings. The highest BCUT2D eigenvalue weighted by Crippen LogP contribution is 2.40. The van der Waals surface area contributed by atoms with E-state index < -0.39 is 0 Å². The van der Waals surface area contributed by atoms with E-state index in [1.165, 1.54) is 0 Å². The molecule has 4 heterocycles. The molecule has 2 aromatic heterocycles. The predicted molar refractivity (Wildman–Crippen MR) is 189 cm³/mol. The molecule has 0 N–H and O–H groups in total. The van der Waals surface area contributed by atoms with Crippen LogP contribution in [0.4, 0.5) is 0 Å². The average molecular weight is 647 g/mol. The summed E-state index contributed by atoms with van der Waals surface area (Å²) in [6.45, 7) is 0. The zero-order chi connectivity index (χ0) is 33.7. The Morgan fingerprint density at radius 2 is 0.840 bits per heavy atom. The normalized spacial score (nSPS) is 12.6. The van der Waals surface area contributed by atoms with Crippen LogP contribution >= 0.6 is 0 Å². The molecule has 0 spiro atoms. The van der Waals surface area contributed by atoms with Crippen molar-refractivity contribution in [3.63, 3.8) is 0 Å². The van der Waals surface area contributed by atoms with Crippen LogP contribution in [-0.4, -0.2) is 42.5 Å². The fourth-order valence-corrected chi connectivity index (χ4v) is 7.16. The number of aromatic nitrogens is 4. The van der Waals surface area contributed by atoms with E-state index in [4.69, 9.17) is 9.97 Å². The zero-order valence-electron chi connectivity index (χ0n) is 26.1. The van der Waals surface area contributed by atoms with Crippen LogP contribution in [-0.2, 0) is 0 Å². The molecule has 0 saturated heterocycles.